The van der Waals surface area contributed by atoms with Crippen LogP contribution in [0.4, 0.5) is 4.39 Å². The van der Waals surface area contributed by atoms with Gasteiger partial charge in [0.15, 0.2) is 0 Å². The number of aliphatic hydroxyl groups excluding tert-OH is 1. The van der Waals surface area contributed by atoms with Crippen LogP contribution in [-0.2, 0) is 6.54 Å². The molecule has 2 rings (SSSR count). The summed E-state index contributed by atoms with van der Waals surface area (Å²) in [6.45, 7) is 3.55. The molecule has 1 aliphatic rings. The molecule has 0 aromatic heterocycles. The number of likely N-dealkylation sites (N-methyl/N-ethyl adjacent to an activating group) is 1. The van der Waals surface area contributed by atoms with Crippen LogP contribution in [-0.4, -0.2) is 54.2 Å². The molecule has 106 valence electrons. The van der Waals surface area contributed by atoms with Crippen LogP contribution < -0.4 is 0 Å². The molecule has 0 radical (unpaired) electrons. The zero-order valence-electron chi connectivity index (χ0n) is 11.6. The molecule has 1 aliphatic heterocycles. The first-order valence-electron chi connectivity index (χ1n) is 6.97. The normalized spacial score (nSPS) is 20.9. The quantitative estimate of drug-likeness (QED) is 0.879. The van der Waals surface area contributed by atoms with Crippen molar-refractivity contribution in [1.29, 1.82) is 0 Å². The Morgan fingerprint density at radius 2 is 2.21 bits per heavy atom. The highest BCUT2D eigenvalue weighted by atomic mass is 19.1. The average molecular weight is 266 g/mol. The van der Waals surface area contributed by atoms with E-state index < -0.39 is 0 Å². The number of piperidine rings is 1. The van der Waals surface area contributed by atoms with Gasteiger partial charge in [0.1, 0.15) is 5.82 Å². The number of rotatable bonds is 5. The van der Waals surface area contributed by atoms with Crippen LogP contribution in [0.25, 0.3) is 0 Å². The van der Waals surface area contributed by atoms with E-state index in [1.165, 1.54) is 6.07 Å². The van der Waals surface area contributed by atoms with E-state index in [0.29, 0.717) is 19.1 Å². The smallest absolute Gasteiger partial charge is 0.127 e. The van der Waals surface area contributed by atoms with E-state index in [2.05, 4.69) is 9.80 Å². The fourth-order valence-electron chi connectivity index (χ4n) is 2.74. The van der Waals surface area contributed by atoms with Crippen LogP contribution in [0.3, 0.4) is 0 Å². The Kier molecular flexibility index (Phi) is 5.31. The van der Waals surface area contributed by atoms with Crippen molar-refractivity contribution in [2.24, 2.45) is 0 Å². The largest absolute Gasteiger partial charge is 0.395 e. The minimum atomic E-state index is -0.117. The van der Waals surface area contributed by atoms with E-state index in [4.69, 9.17) is 5.11 Å². The lowest BCUT2D eigenvalue weighted by atomic mass is 10.0. The van der Waals surface area contributed by atoms with Gasteiger partial charge in [-0.1, -0.05) is 18.2 Å². The van der Waals surface area contributed by atoms with Crippen LogP contribution in [0.2, 0.25) is 0 Å². The fourth-order valence-corrected chi connectivity index (χ4v) is 2.74. The molecule has 1 aromatic rings. The summed E-state index contributed by atoms with van der Waals surface area (Å²) < 4.78 is 13.7. The highest BCUT2D eigenvalue weighted by Gasteiger charge is 2.23. The third-order valence-corrected chi connectivity index (χ3v) is 3.91. The van der Waals surface area contributed by atoms with Crippen LogP contribution in [0, 0.1) is 5.82 Å². The predicted molar refractivity (Wildman–Crippen MR) is 74.4 cm³/mol. The number of halogens is 1. The van der Waals surface area contributed by atoms with Gasteiger partial charge in [-0.2, -0.15) is 0 Å². The zero-order valence-corrected chi connectivity index (χ0v) is 11.6. The molecule has 1 saturated heterocycles. The second-order valence-electron chi connectivity index (χ2n) is 5.33. The molecule has 0 aliphatic carbocycles. The van der Waals surface area contributed by atoms with Gasteiger partial charge in [0, 0.05) is 31.2 Å². The second-order valence-corrected chi connectivity index (χ2v) is 5.33. The summed E-state index contributed by atoms with van der Waals surface area (Å²) in [6, 6.07) is 7.46. The SMILES string of the molecule is CN(CCO)C1CCCN(Cc2ccccc2F)C1. The molecule has 1 N–H and O–H groups in total. The van der Waals surface area contributed by atoms with Crippen molar-refractivity contribution in [3.63, 3.8) is 0 Å². The number of benzene rings is 1. The van der Waals surface area contributed by atoms with Crippen LogP contribution in [0.1, 0.15) is 18.4 Å². The van der Waals surface area contributed by atoms with Crippen molar-refractivity contribution >= 4 is 0 Å². The molecular formula is C15H23FN2O. The zero-order chi connectivity index (χ0) is 13.7. The third-order valence-electron chi connectivity index (χ3n) is 3.91. The highest BCUT2D eigenvalue weighted by molar-refractivity contribution is 5.17. The van der Waals surface area contributed by atoms with Crippen molar-refractivity contribution in [2.75, 3.05) is 33.3 Å². The number of hydrogen-bond donors (Lipinski definition) is 1. The maximum absolute atomic E-state index is 13.7. The van der Waals surface area contributed by atoms with Gasteiger partial charge in [0.05, 0.1) is 6.61 Å². The van der Waals surface area contributed by atoms with Crippen molar-refractivity contribution in [2.45, 2.75) is 25.4 Å². The summed E-state index contributed by atoms with van der Waals surface area (Å²) in [5.74, 6) is -0.117. The van der Waals surface area contributed by atoms with Crippen LogP contribution in [0.15, 0.2) is 24.3 Å². The fraction of sp³-hybridized carbons (Fsp3) is 0.600. The first-order chi connectivity index (χ1) is 9.20. The van der Waals surface area contributed by atoms with E-state index in [0.717, 1.165) is 31.5 Å². The number of nitrogens with zero attached hydrogens (tertiary/aromatic N) is 2. The van der Waals surface area contributed by atoms with Crippen LogP contribution >= 0.6 is 0 Å². The Labute approximate surface area is 114 Å². The van der Waals surface area contributed by atoms with Crippen molar-refractivity contribution < 1.29 is 9.50 Å². The maximum atomic E-state index is 13.7. The number of aliphatic hydroxyl groups is 1. The van der Waals surface area contributed by atoms with Gasteiger partial charge in [-0.15, -0.1) is 0 Å². The Morgan fingerprint density at radius 3 is 2.95 bits per heavy atom. The standard InChI is InChI=1S/C15H23FN2O/c1-17(9-10-19)14-6-4-8-18(12-14)11-13-5-2-3-7-15(13)16/h2-3,5,7,14,19H,4,6,8-12H2,1H3. The van der Waals surface area contributed by atoms with E-state index in [1.807, 2.05) is 19.2 Å². The van der Waals surface area contributed by atoms with Crippen molar-refractivity contribution in [3.05, 3.63) is 35.6 Å². The number of hydrogen-bond acceptors (Lipinski definition) is 3. The van der Waals surface area contributed by atoms with E-state index in [1.54, 1.807) is 6.07 Å². The van der Waals surface area contributed by atoms with Crippen LogP contribution in [0.5, 0.6) is 0 Å². The van der Waals surface area contributed by atoms with Crippen molar-refractivity contribution in [1.82, 2.24) is 9.80 Å². The molecule has 0 saturated carbocycles. The molecule has 1 atom stereocenters. The van der Waals surface area contributed by atoms with E-state index in [-0.39, 0.29) is 12.4 Å². The average Bonchev–Trinajstić information content (AvgIpc) is 2.42. The Morgan fingerprint density at radius 1 is 1.42 bits per heavy atom. The summed E-state index contributed by atoms with van der Waals surface area (Å²) in [6.07, 6.45) is 2.29. The summed E-state index contributed by atoms with van der Waals surface area (Å²) in [7, 11) is 2.05. The monoisotopic (exact) mass is 266 g/mol. The molecule has 1 unspecified atom stereocenters. The van der Waals surface area contributed by atoms with Gasteiger partial charge >= 0.3 is 0 Å². The first-order valence-corrected chi connectivity index (χ1v) is 6.97. The molecule has 4 heteroatoms. The summed E-state index contributed by atoms with van der Waals surface area (Å²) in [5.41, 5.74) is 0.771. The molecule has 1 fully saturated rings. The summed E-state index contributed by atoms with van der Waals surface area (Å²) in [4.78, 5) is 4.51. The molecule has 0 spiro atoms. The molecule has 3 nitrogen and oxygen atoms in total. The molecule has 0 bridgehead atoms. The van der Waals surface area contributed by atoms with Gasteiger partial charge in [0.25, 0.3) is 0 Å². The molecule has 1 heterocycles. The molecule has 19 heavy (non-hydrogen) atoms. The molecular weight excluding hydrogens is 243 g/mol. The summed E-state index contributed by atoms with van der Waals surface area (Å²) >= 11 is 0. The molecule has 0 amide bonds. The maximum Gasteiger partial charge on any atom is 0.127 e. The summed E-state index contributed by atoms with van der Waals surface area (Å²) in [5, 5.41) is 9.00. The predicted octanol–water partition coefficient (Wildman–Crippen LogP) is 1.71. The lowest BCUT2D eigenvalue weighted by molar-refractivity contribution is 0.0964. The van der Waals surface area contributed by atoms with Gasteiger partial charge in [0.2, 0.25) is 0 Å². The Balaban J connectivity index is 1.92. The van der Waals surface area contributed by atoms with E-state index >= 15 is 0 Å². The van der Waals surface area contributed by atoms with Crippen molar-refractivity contribution in [3.8, 4) is 0 Å². The lowest BCUT2D eigenvalue weighted by Gasteiger charge is -2.37. The highest BCUT2D eigenvalue weighted by Crippen LogP contribution is 2.18. The first kappa shape index (κ1) is 14.4. The number of likely N-dealkylation sites (tertiary alicyclic amines) is 1. The lowest BCUT2D eigenvalue weighted by Crippen LogP contribution is -2.46. The van der Waals surface area contributed by atoms with Gasteiger partial charge in [-0.05, 0) is 32.5 Å². The Hall–Kier alpha value is -0.970. The van der Waals surface area contributed by atoms with E-state index in [9.17, 15) is 4.39 Å². The van der Waals surface area contributed by atoms with Gasteiger partial charge in [-0.25, -0.2) is 4.39 Å². The van der Waals surface area contributed by atoms with Gasteiger partial charge < -0.3 is 5.11 Å². The van der Waals surface area contributed by atoms with Gasteiger partial charge in [-0.3, -0.25) is 9.80 Å². The minimum absolute atomic E-state index is 0.117. The topological polar surface area (TPSA) is 26.7 Å². The third kappa shape index (κ3) is 4.00. The second kappa shape index (κ2) is 6.98. The Bertz CT molecular complexity index is 399. The minimum Gasteiger partial charge on any atom is -0.395 e. The molecule has 1 aromatic carbocycles.